The topological polar surface area (TPSA) is 54.3 Å². The summed E-state index contributed by atoms with van der Waals surface area (Å²) in [5.74, 6) is 0. The summed E-state index contributed by atoms with van der Waals surface area (Å²) in [6.07, 6.45) is 2.81. The Balaban J connectivity index is 2.32. The Morgan fingerprint density at radius 3 is 2.82 bits per heavy atom. The van der Waals surface area contributed by atoms with Crippen LogP contribution in [0.5, 0.6) is 0 Å². The van der Waals surface area contributed by atoms with Gasteiger partial charge in [0.05, 0.1) is 25.4 Å². The van der Waals surface area contributed by atoms with E-state index in [-0.39, 0.29) is 11.6 Å². The second kappa shape index (κ2) is 6.95. The zero-order valence-corrected chi connectivity index (χ0v) is 11.2. The van der Waals surface area contributed by atoms with Crippen LogP contribution in [0.15, 0.2) is 0 Å². The van der Waals surface area contributed by atoms with Crippen LogP contribution in [0, 0.1) is 11.3 Å². The van der Waals surface area contributed by atoms with Crippen LogP contribution >= 0.6 is 0 Å². The second-order valence-corrected chi connectivity index (χ2v) is 4.93. The van der Waals surface area contributed by atoms with Gasteiger partial charge < -0.3 is 9.47 Å². The van der Waals surface area contributed by atoms with Gasteiger partial charge in [0.2, 0.25) is 0 Å². The maximum Gasteiger partial charge on any atom is 0.109 e. The predicted octanol–water partition coefficient (Wildman–Crippen LogP) is 1.85. The summed E-state index contributed by atoms with van der Waals surface area (Å²) in [5.41, 5.74) is -0.384. The average molecular weight is 240 g/mol. The second-order valence-electron chi connectivity index (χ2n) is 4.93. The van der Waals surface area contributed by atoms with Crippen LogP contribution in [0.3, 0.4) is 0 Å². The molecule has 1 fully saturated rings. The fourth-order valence-corrected chi connectivity index (χ4v) is 2.38. The third-order valence-electron chi connectivity index (χ3n) is 3.03. The van der Waals surface area contributed by atoms with Gasteiger partial charge in [-0.3, -0.25) is 5.32 Å². The van der Waals surface area contributed by atoms with Gasteiger partial charge in [-0.05, 0) is 33.6 Å². The zero-order valence-electron chi connectivity index (χ0n) is 11.2. The van der Waals surface area contributed by atoms with E-state index in [4.69, 9.17) is 9.47 Å². The van der Waals surface area contributed by atoms with Crippen LogP contribution < -0.4 is 5.32 Å². The molecule has 0 radical (unpaired) electrons. The summed E-state index contributed by atoms with van der Waals surface area (Å²) in [4.78, 5) is 0. The third-order valence-corrected chi connectivity index (χ3v) is 3.03. The van der Waals surface area contributed by atoms with E-state index >= 15 is 0 Å². The Kier molecular flexibility index (Phi) is 5.90. The Labute approximate surface area is 104 Å². The number of hydrogen-bond donors (Lipinski definition) is 1. The van der Waals surface area contributed by atoms with E-state index in [1.165, 1.54) is 0 Å². The van der Waals surface area contributed by atoms with Gasteiger partial charge in [0.15, 0.2) is 0 Å². The van der Waals surface area contributed by atoms with Gasteiger partial charge in [-0.1, -0.05) is 0 Å². The number of ether oxygens (including phenoxy) is 2. The molecule has 0 spiro atoms. The summed E-state index contributed by atoms with van der Waals surface area (Å²) < 4.78 is 11.0. The molecule has 0 bridgehead atoms. The summed E-state index contributed by atoms with van der Waals surface area (Å²) in [5, 5.41) is 12.7. The van der Waals surface area contributed by atoms with E-state index in [0.717, 1.165) is 25.9 Å². The van der Waals surface area contributed by atoms with E-state index in [1.807, 2.05) is 6.92 Å². The zero-order chi connectivity index (χ0) is 12.7. The normalized spacial score (nSPS) is 28.5. The molecule has 4 nitrogen and oxygen atoms in total. The van der Waals surface area contributed by atoms with Gasteiger partial charge >= 0.3 is 0 Å². The molecule has 0 heterocycles. The smallest absolute Gasteiger partial charge is 0.109 e. The van der Waals surface area contributed by atoms with Gasteiger partial charge in [-0.15, -0.1) is 0 Å². The van der Waals surface area contributed by atoms with Crippen LogP contribution in [0.25, 0.3) is 0 Å². The van der Waals surface area contributed by atoms with Gasteiger partial charge in [0, 0.05) is 19.1 Å². The molecule has 4 heteroatoms. The van der Waals surface area contributed by atoms with Crippen LogP contribution in [-0.4, -0.2) is 37.5 Å². The van der Waals surface area contributed by atoms with E-state index in [1.54, 1.807) is 0 Å². The third kappa shape index (κ3) is 4.63. The van der Waals surface area contributed by atoms with E-state index in [9.17, 15) is 5.26 Å². The van der Waals surface area contributed by atoms with Crippen molar-refractivity contribution in [2.24, 2.45) is 0 Å². The molecule has 2 unspecified atom stereocenters. The first-order valence-electron chi connectivity index (χ1n) is 6.50. The number of nitrogens with zero attached hydrogens (tertiary/aromatic N) is 1. The van der Waals surface area contributed by atoms with Crippen LogP contribution in [0.2, 0.25) is 0 Å². The van der Waals surface area contributed by atoms with Crippen molar-refractivity contribution in [1.29, 1.82) is 5.26 Å². The molecule has 17 heavy (non-hydrogen) atoms. The molecule has 1 N–H and O–H groups in total. The lowest BCUT2D eigenvalue weighted by Gasteiger charge is -2.25. The monoisotopic (exact) mass is 240 g/mol. The average Bonchev–Trinajstić information content (AvgIpc) is 2.68. The van der Waals surface area contributed by atoms with Crippen LogP contribution in [-0.2, 0) is 9.47 Å². The van der Waals surface area contributed by atoms with Crippen molar-refractivity contribution in [2.45, 2.75) is 57.7 Å². The Bertz CT molecular complexity index is 263. The maximum absolute atomic E-state index is 9.30. The van der Waals surface area contributed by atoms with Crippen molar-refractivity contribution < 1.29 is 9.47 Å². The molecule has 2 atom stereocenters. The summed E-state index contributed by atoms with van der Waals surface area (Å²) in [6, 6.07) is 2.75. The number of hydrogen-bond acceptors (Lipinski definition) is 4. The highest BCUT2D eigenvalue weighted by molar-refractivity contribution is 5.12. The van der Waals surface area contributed by atoms with Crippen molar-refractivity contribution >= 4 is 0 Å². The van der Waals surface area contributed by atoms with E-state index in [2.05, 4.69) is 25.2 Å². The minimum atomic E-state index is -0.384. The maximum atomic E-state index is 9.30. The van der Waals surface area contributed by atoms with Gasteiger partial charge in [0.1, 0.15) is 5.54 Å². The molecule has 1 aliphatic rings. The predicted molar refractivity (Wildman–Crippen MR) is 66.7 cm³/mol. The highest BCUT2D eigenvalue weighted by Crippen LogP contribution is 2.31. The SMILES string of the molecule is CCOCCOC1CCC(C#N)(NC(C)C)C1. The Morgan fingerprint density at radius 1 is 1.47 bits per heavy atom. The Hall–Kier alpha value is -0.630. The quantitative estimate of drug-likeness (QED) is 0.690. The van der Waals surface area contributed by atoms with Gasteiger partial charge in [-0.2, -0.15) is 5.26 Å². The largest absolute Gasteiger partial charge is 0.379 e. The van der Waals surface area contributed by atoms with E-state index < -0.39 is 0 Å². The Morgan fingerprint density at radius 2 is 2.24 bits per heavy atom. The lowest BCUT2D eigenvalue weighted by molar-refractivity contribution is 0.00859. The molecule has 0 amide bonds. The first-order chi connectivity index (χ1) is 8.12. The van der Waals surface area contributed by atoms with Crippen LogP contribution in [0.4, 0.5) is 0 Å². The molecule has 0 aromatic heterocycles. The first kappa shape index (κ1) is 14.4. The molecule has 98 valence electrons. The highest BCUT2D eigenvalue weighted by atomic mass is 16.5. The minimum Gasteiger partial charge on any atom is -0.379 e. The van der Waals surface area contributed by atoms with Crippen molar-refractivity contribution in [1.82, 2.24) is 5.32 Å². The van der Waals surface area contributed by atoms with Crippen molar-refractivity contribution in [3.63, 3.8) is 0 Å². The molecule has 0 saturated heterocycles. The summed E-state index contributed by atoms with van der Waals surface area (Å²) in [7, 11) is 0. The molecule has 0 aliphatic heterocycles. The van der Waals surface area contributed by atoms with E-state index in [0.29, 0.717) is 19.3 Å². The number of nitriles is 1. The van der Waals surface area contributed by atoms with Crippen molar-refractivity contribution in [3.05, 3.63) is 0 Å². The van der Waals surface area contributed by atoms with Gasteiger partial charge in [-0.25, -0.2) is 0 Å². The molecule has 0 aromatic rings. The van der Waals surface area contributed by atoms with Crippen molar-refractivity contribution in [3.8, 4) is 6.07 Å². The molecule has 1 aliphatic carbocycles. The number of rotatable bonds is 7. The lowest BCUT2D eigenvalue weighted by Crippen LogP contribution is -2.45. The standard InChI is InChI=1S/C13H24N2O2/c1-4-16-7-8-17-12-5-6-13(9-12,10-14)15-11(2)3/h11-12,15H,4-9H2,1-3H3. The molecule has 0 aromatic carbocycles. The molecular weight excluding hydrogens is 216 g/mol. The van der Waals surface area contributed by atoms with Crippen LogP contribution in [0.1, 0.15) is 40.0 Å². The highest BCUT2D eigenvalue weighted by Gasteiger charge is 2.40. The fourth-order valence-electron chi connectivity index (χ4n) is 2.38. The van der Waals surface area contributed by atoms with Gasteiger partial charge in [0.25, 0.3) is 0 Å². The summed E-state index contributed by atoms with van der Waals surface area (Å²) in [6.45, 7) is 8.12. The number of nitrogens with one attached hydrogen (secondary N) is 1. The molecule has 1 rings (SSSR count). The molecular formula is C13H24N2O2. The summed E-state index contributed by atoms with van der Waals surface area (Å²) >= 11 is 0. The lowest BCUT2D eigenvalue weighted by atomic mass is 9.98. The van der Waals surface area contributed by atoms with Crippen molar-refractivity contribution in [2.75, 3.05) is 19.8 Å². The fraction of sp³-hybridized carbons (Fsp3) is 0.923. The first-order valence-corrected chi connectivity index (χ1v) is 6.50. The molecule has 1 saturated carbocycles. The minimum absolute atomic E-state index is 0.196.